The number of aryl methyl sites for hydroxylation is 1. The number of nitrogens with zero attached hydrogens (tertiary/aromatic N) is 3. The molecule has 1 saturated heterocycles. The molecule has 32 heavy (non-hydrogen) atoms. The second kappa shape index (κ2) is 9.50. The van der Waals surface area contributed by atoms with Gasteiger partial charge in [0, 0.05) is 56.4 Å². The third kappa shape index (κ3) is 4.81. The molecule has 1 aliphatic rings. The van der Waals surface area contributed by atoms with Crippen molar-refractivity contribution in [2.45, 2.75) is 25.6 Å². The summed E-state index contributed by atoms with van der Waals surface area (Å²) in [7, 11) is 0. The number of hydrogen-bond acceptors (Lipinski definition) is 4. The van der Waals surface area contributed by atoms with Crippen molar-refractivity contribution in [2.24, 2.45) is 0 Å². The second-order valence-corrected chi connectivity index (χ2v) is 8.12. The molecule has 7 nitrogen and oxygen atoms in total. The van der Waals surface area contributed by atoms with Crippen LogP contribution in [0.15, 0.2) is 54.7 Å². The molecular formula is C24H26FN3O4. The standard InChI is InChI=1S/C24H26FN3O4/c25-18-6-7-19-20(16-28(21(19)14-18)9-8-22(29)30)23(24(31)32)27-12-10-26(11-13-27)15-17-4-2-1-3-5-17/h1-7,14,16,23H,8-13,15H2,(H,29,30)(H,31,32)/t23-/m0/s1. The molecule has 1 aliphatic heterocycles. The first-order valence-corrected chi connectivity index (χ1v) is 10.7. The van der Waals surface area contributed by atoms with E-state index in [9.17, 15) is 19.1 Å². The number of halogens is 1. The summed E-state index contributed by atoms with van der Waals surface area (Å²) in [5, 5.41) is 19.8. The van der Waals surface area contributed by atoms with E-state index >= 15 is 0 Å². The van der Waals surface area contributed by atoms with Gasteiger partial charge in [0.1, 0.15) is 11.9 Å². The van der Waals surface area contributed by atoms with Crippen molar-refractivity contribution < 1.29 is 24.2 Å². The first kappa shape index (κ1) is 22.0. The molecule has 0 bridgehead atoms. The van der Waals surface area contributed by atoms with E-state index in [1.165, 1.54) is 17.7 Å². The zero-order valence-electron chi connectivity index (χ0n) is 17.7. The SMILES string of the molecule is O=C(O)CCn1cc([C@@H](C(=O)O)N2CCN(Cc3ccccc3)CC2)c2ccc(F)cc21. The quantitative estimate of drug-likeness (QED) is 0.561. The van der Waals surface area contributed by atoms with Crippen LogP contribution in [-0.2, 0) is 22.7 Å². The molecule has 168 valence electrons. The number of benzene rings is 2. The maximum absolute atomic E-state index is 13.9. The van der Waals surface area contributed by atoms with Gasteiger partial charge in [-0.05, 0) is 23.8 Å². The largest absolute Gasteiger partial charge is 0.481 e. The Morgan fingerprint density at radius 3 is 2.38 bits per heavy atom. The van der Waals surface area contributed by atoms with Crippen LogP contribution in [0.3, 0.4) is 0 Å². The van der Waals surface area contributed by atoms with Crippen molar-refractivity contribution in [1.29, 1.82) is 0 Å². The molecule has 0 radical (unpaired) electrons. The minimum absolute atomic E-state index is 0.129. The third-order valence-electron chi connectivity index (χ3n) is 5.99. The average Bonchev–Trinajstić information content (AvgIpc) is 3.11. The Morgan fingerprint density at radius 1 is 1.00 bits per heavy atom. The molecule has 8 heteroatoms. The van der Waals surface area contributed by atoms with Gasteiger partial charge in [-0.2, -0.15) is 0 Å². The number of carbonyl (C=O) groups is 2. The van der Waals surface area contributed by atoms with Gasteiger partial charge in [-0.1, -0.05) is 30.3 Å². The first-order chi connectivity index (χ1) is 15.4. The van der Waals surface area contributed by atoms with E-state index in [1.54, 1.807) is 16.8 Å². The van der Waals surface area contributed by atoms with Gasteiger partial charge in [-0.3, -0.25) is 19.4 Å². The number of piperazine rings is 1. The molecule has 0 unspecified atom stereocenters. The Bertz CT molecular complexity index is 1110. The highest BCUT2D eigenvalue weighted by atomic mass is 19.1. The van der Waals surface area contributed by atoms with Crippen LogP contribution in [-0.4, -0.2) is 62.7 Å². The van der Waals surface area contributed by atoms with Crippen LogP contribution in [0.2, 0.25) is 0 Å². The monoisotopic (exact) mass is 439 g/mol. The summed E-state index contributed by atoms with van der Waals surface area (Å²) in [6.45, 7) is 3.63. The smallest absolute Gasteiger partial charge is 0.325 e. The first-order valence-electron chi connectivity index (χ1n) is 10.7. The van der Waals surface area contributed by atoms with Crippen molar-refractivity contribution in [1.82, 2.24) is 14.4 Å². The van der Waals surface area contributed by atoms with E-state index in [0.29, 0.717) is 29.6 Å². The van der Waals surface area contributed by atoms with Gasteiger partial charge in [0.15, 0.2) is 0 Å². The Balaban J connectivity index is 1.56. The van der Waals surface area contributed by atoms with E-state index in [0.717, 1.165) is 19.6 Å². The molecule has 0 spiro atoms. The summed E-state index contributed by atoms with van der Waals surface area (Å²) in [5.74, 6) is -2.38. The summed E-state index contributed by atoms with van der Waals surface area (Å²) in [5.41, 5.74) is 2.30. The lowest BCUT2D eigenvalue weighted by Gasteiger charge is -2.37. The Kier molecular flexibility index (Phi) is 6.53. The normalized spacial score (nSPS) is 16.3. The summed E-state index contributed by atoms with van der Waals surface area (Å²) in [4.78, 5) is 27.6. The molecule has 2 aromatic carbocycles. The minimum Gasteiger partial charge on any atom is -0.481 e. The highest BCUT2D eigenvalue weighted by Gasteiger charge is 2.32. The van der Waals surface area contributed by atoms with Crippen LogP contribution in [0.4, 0.5) is 4.39 Å². The highest BCUT2D eigenvalue weighted by molar-refractivity contribution is 5.90. The Hall–Kier alpha value is -3.23. The van der Waals surface area contributed by atoms with Crippen LogP contribution in [0, 0.1) is 5.82 Å². The summed E-state index contributed by atoms with van der Waals surface area (Å²) in [6.07, 6.45) is 1.54. The molecule has 0 saturated carbocycles. The number of carboxylic acids is 2. The van der Waals surface area contributed by atoms with Crippen LogP contribution >= 0.6 is 0 Å². The Morgan fingerprint density at radius 2 is 1.72 bits per heavy atom. The molecule has 1 atom stereocenters. The third-order valence-corrected chi connectivity index (χ3v) is 5.99. The lowest BCUT2D eigenvalue weighted by atomic mass is 10.0. The van der Waals surface area contributed by atoms with Crippen molar-refractivity contribution in [2.75, 3.05) is 26.2 Å². The van der Waals surface area contributed by atoms with Crippen molar-refractivity contribution in [3.8, 4) is 0 Å². The maximum atomic E-state index is 13.9. The number of carboxylic acid groups (broad SMARTS) is 2. The van der Waals surface area contributed by atoms with Crippen LogP contribution in [0.1, 0.15) is 23.6 Å². The highest BCUT2D eigenvalue weighted by Crippen LogP contribution is 2.32. The van der Waals surface area contributed by atoms with Crippen LogP contribution < -0.4 is 0 Å². The number of aromatic nitrogens is 1. The number of hydrogen-bond donors (Lipinski definition) is 2. The fourth-order valence-electron chi connectivity index (χ4n) is 4.42. The fraction of sp³-hybridized carbons (Fsp3) is 0.333. The van der Waals surface area contributed by atoms with Crippen molar-refractivity contribution in [3.05, 3.63) is 71.7 Å². The molecule has 4 rings (SSSR count). The van der Waals surface area contributed by atoms with Gasteiger partial charge in [0.2, 0.25) is 0 Å². The van der Waals surface area contributed by atoms with Crippen molar-refractivity contribution >= 4 is 22.8 Å². The van der Waals surface area contributed by atoms with Gasteiger partial charge in [0.05, 0.1) is 11.9 Å². The van der Waals surface area contributed by atoms with E-state index < -0.39 is 23.8 Å². The lowest BCUT2D eigenvalue weighted by Crippen LogP contribution is -2.48. The average molecular weight is 439 g/mol. The molecule has 0 amide bonds. The fourth-order valence-corrected chi connectivity index (χ4v) is 4.42. The lowest BCUT2D eigenvalue weighted by molar-refractivity contribution is -0.144. The maximum Gasteiger partial charge on any atom is 0.325 e. The minimum atomic E-state index is -0.969. The van der Waals surface area contributed by atoms with Gasteiger partial charge >= 0.3 is 11.9 Å². The summed E-state index contributed by atoms with van der Waals surface area (Å²) in [6, 6.07) is 13.5. The predicted octanol–water partition coefficient (Wildman–Crippen LogP) is 3.20. The summed E-state index contributed by atoms with van der Waals surface area (Å²) >= 11 is 0. The molecule has 1 fully saturated rings. The zero-order chi connectivity index (χ0) is 22.7. The molecule has 1 aromatic heterocycles. The van der Waals surface area contributed by atoms with E-state index in [1.807, 2.05) is 23.1 Å². The molecule has 3 aromatic rings. The molecule has 0 aliphatic carbocycles. The Labute approximate surface area is 185 Å². The van der Waals surface area contributed by atoms with Gasteiger partial charge in [0.25, 0.3) is 0 Å². The summed E-state index contributed by atoms with van der Waals surface area (Å²) < 4.78 is 15.5. The molecule has 2 N–H and O–H groups in total. The van der Waals surface area contributed by atoms with Gasteiger partial charge in [-0.25, -0.2) is 4.39 Å². The molecular weight excluding hydrogens is 413 g/mol. The topological polar surface area (TPSA) is 86.0 Å². The van der Waals surface area contributed by atoms with Gasteiger partial charge in [-0.15, -0.1) is 0 Å². The van der Waals surface area contributed by atoms with Crippen molar-refractivity contribution in [3.63, 3.8) is 0 Å². The van der Waals surface area contributed by atoms with Crippen LogP contribution in [0.25, 0.3) is 10.9 Å². The van der Waals surface area contributed by atoms with Gasteiger partial charge < -0.3 is 14.8 Å². The predicted molar refractivity (Wildman–Crippen MR) is 118 cm³/mol. The van der Waals surface area contributed by atoms with E-state index in [4.69, 9.17) is 5.11 Å². The van der Waals surface area contributed by atoms with E-state index in [2.05, 4.69) is 17.0 Å². The number of aliphatic carboxylic acids is 2. The zero-order valence-corrected chi connectivity index (χ0v) is 17.7. The van der Waals surface area contributed by atoms with E-state index in [-0.39, 0.29) is 13.0 Å². The van der Waals surface area contributed by atoms with Crippen LogP contribution in [0.5, 0.6) is 0 Å². The second-order valence-electron chi connectivity index (χ2n) is 8.12. The molecule has 2 heterocycles. The number of rotatable bonds is 8. The number of fused-ring (bicyclic) bond motifs is 1.